The molecule has 0 aromatic carbocycles. The van der Waals surface area contributed by atoms with E-state index in [9.17, 15) is 105 Å². The number of rotatable bonds is 9. The quantitative estimate of drug-likeness (QED) is 0.192. The SMILES string of the molecule is FC(F)(F)O[Si](OC(F)(F)F)(OC(F)(F)C(F)(F)C(F)(F)C(F)(F)C(F)(F)C(F)(F)F)C(F)(F)C(F)(F)F. The fraction of sp³-hybridized carbons (Fsp3) is 1.00. The average Bonchev–Trinajstić information content (AvgIpc) is 2.55. The van der Waals surface area contributed by atoms with Gasteiger partial charge >= 0.3 is 69.2 Å². The Kier molecular flexibility index (Phi) is 8.85. The van der Waals surface area contributed by atoms with E-state index in [2.05, 4.69) is 0 Å². The molecule has 28 heteroatoms. The van der Waals surface area contributed by atoms with Gasteiger partial charge in [0.15, 0.2) is 0 Å². The zero-order valence-electron chi connectivity index (χ0n) is 15.8. The highest BCUT2D eigenvalue weighted by Crippen LogP contribution is 2.61. The predicted molar refractivity (Wildman–Crippen MR) is 62.9 cm³/mol. The van der Waals surface area contributed by atoms with E-state index in [0.29, 0.717) is 0 Å². The lowest BCUT2D eigenvalue weighted by atomic mass is 9.97. The first-order valence-corrected chi connectivity index (χ1v) is 9.24. The van der Waals surface area contributed by atoms with Crippen LogP contribution in [0.4, 0.5) is 105 Å². The maximum absolute atomic E-state index is 13.6. The van der Waals surface area contributed by atoms with Crippen molar-refractivity contribution in [3.05, 3.63) is 0 Å². The summed E-state index contributed by atoms with van der Waals surface area (Å²) < 4.78 is 310. The van der Waals surface area contributed by atoms with Crippen molar-refractivity contribution in [2.75, 3.05) is 0 Å². The van der Waals surface area contributed by atoms with Crippen LogP contribution in [0.3, 0.4) is 0 Å². The third-order valence-electron chi connectivity index (χ3n) is 3.41. The lowest BCUT2D eigenvalue weighted by molar-refractivity contribution is -0.466. The van der Waals surface area contributed by atoms with Gasteiger partial charge in [-0.1, -0.05) is 0 Å². The molecule has 0 aromatic rings. The van der Waals surface area contributed by atoms with E-state index in [1.165, 1.54) is 13.3 Å². The Bertz CT molecular complexity index is 814. The maximum Gasteiger partial charge on any atom is 0.603 e. The molecule has 0 N–H and O–H groups in total. The van der Waals surface area contributed by atoms with Crippen LogP contribution < -0.4 is 0 Å². The number of halogens is 24. The fourth-order valence-corrected chi connectivity index (χ4v) is 3.65. The van der Waals surface area contributed by atoms with Gasteiger partial charge in [0.2, 0.25) is 0 Å². The Morgan fingerprint density at radius 2 is 0.605 bits per heavy atom. The van der Waals surface area contributed by atoms with Crippen molar-refractivity contribution in [3.63, 3.8) is 0 Å². The molecule has 0 spiro atoms. The molecule has 230 valence electrons. The molecule has 0 saturated carbocycles. The van der Waals surface area contributed by atoms with Gasteiger partial charge in [0.1, 0.15) is 0 Å². The molecule has 0 unspecified atom stereocenters. The molecule has 0 rings (SSSR count). The molecular weight excluding hydrogens is 652 g/mol. The summed E-state index contributed by atoms with van der Waals surface area (Å²) in [4.78, 5) is 0. The Morgan fingerprint density at radius 3 is 0.842 bits per heavy atom. The van der Waals surface area contributed by atoms with E-state index in [1.807, 2.05) is 0 Å². The Balaban J connectivity index is 7.41. The predicted octanol–water partition coefficient (Wildman–Crippen LogP) is 7.45. The molecule has 0 radical (unpaired) electrons. The van der Waals surface area contributed by atoms with E-state index in [4.69, 9.17) is 0 Å². The zero-order chi connectivity index (χ0) is 31.6. The van der Waals surface area contributed by atoms with Crippen LogP contribution in [0.5, 0.6) is 0 Å². The molecule has 0 bridgehead atoms. The summed E-state index contributed by atoms with van der Waals surface area (Å²) in [7, 11) is -10.3. The van der Waals surface area contributed by atoms with Crippen LogP contribution in [0.15, 0.2) is 0 Å². The van der Waals surface area contributed by atoms with Crippen molar-refractivity contribution in [2.24, 2.45) is 0 Å². The second kappa shape index (κ2) is 9.23. The first kappa shape index (κ1) is 36.4. The first-order valence-electron chi connectivity index (χ1n) is 7.51. The van der Waals surface area contributed by atoms with E-state index < -0.39 is 69.2 Å². The normalized spacial score (nSPS) is 16.7. The Morgan fingerprint density at radius 1 is 0.316 bits per heavy atom. The summed E-state index contributed by atoms with van der Waals surface area (Å²) in [6.45, 7) is 0. The van der Waals surface area contributed by atoms with Gasteiger partial charge in [-0.15, -0.1) is 26.3 Å². The maximum atomic E-state index is 13.6. The van der Waals surface area contributed by atoms with Crippen LogP contribution in [0.25, 0.3) is 0 Å². The molecule has 3 nitrogen and oxygen atoms in total. The number of hydrogen-bond donors (Lipinski definition) is 0. The summed E-state index contributed by atoms with van der Waals surface area (Å²) in [5.41, 5.74) is -8.38. The third-order valence-corrected chi connectivity index (χ3v) is 5.99. The van der Waals surface area contributed by atoms with Gasteiger partial charge in [-0.25, -0.2) is 0 Å². The fourth-order valence-electron chi connectivity index (χ4n) is 1.72. The minimum atomic E-state index is -10.3. The van der Waals surface area contributed by atoms with Crippen molar-refractivity contribution >= 4 is 8.80 Å². The molecule has 0 heterocycles. The minimum Gasteiger partial charge on any atom is -0.304 e. The largest absolute Gasteiger partial charge is 0.603 e. The van der Waals surface area contributed by atoms with Crippen LogP contribution >= 0.6 is 0 Å². The summed E-state index contributed by atoms with van der Waals surface area (Å²) in [5.74, 6) is -35.6. The van der Waals surface area contributed by atoms with Crippen LogP contribution in [-0.2, 0) is 13.3 Å². The molecule has 0 aromatic heterocycles. The highest BCUT2D eigenvalue weighted by atomic mass is 28.4. The van der Waals surface area contributed by atoms with Crippen molar-refractivity contribution < 1.29 is 119 Å². The van der Waals surface area contributed by atoms with E-state index >= 15 is 0 Å². The van der Waals surface area contributed by atoms with Gasteiger partial charge in [-0.2, -0.15) is 79.0 Å². The second-order valence-electron chi connectivity index (χ2n) is 6.14. The van der Waals surface area contributed by atoms with Gasteiger partial charge < -0.3 is 4.43 Å². The first-order chi connectivity index (χ1) is 15.9. The van der Waals surface area contributed by atoms with Crippen molar-refractivity contribution in [3.8, 4) is 0 Å². The lowest BCUT2D eigenvalue weighted by Crippen LogP contribution is -2.75. The highest BCUT2D eigenvalue weighted by Gasteiger charge is 2.94. The van der Waals surface area contributed by atoms with Crippen LogP contribution in [0, 0.1) is 0 Å². The smallest absolute Gasteiger partial charge is 0.304 e. The van der Waals surface area contributed by atoms with E-state index in [-0.39, 0.29) is 0 Å². The number of alkyl halides is 24. The molecule has 38 heavy (non-hydrogen) atoms. The lowest BCUT2D eigenvalue weighted by Gasteiger charge is -2.42. The Hall–Kier alpha value is -1.58. The summed E-state index contributed by atoms with van der Waals surface area (Å²) in [5, 5.41) is 0. The molecule has 0 fully saturated rings. The van der Waals surface area contributed by atoms with Crippen LogP contribution in [0.1, 0.15) is 0 Å². The van der Waals surface area contributed by atoms with Crippen LogP contribution in [0.2, 0.25) is 0 Å². The summed E-state index contributed by atoms with van der Waals surface area (Å²) in [6.07, 6.45) is -40.2. The molecule has 0 aliphatic rings. The summed E-state index contributed by atoms with van der Waals surface area (Å²) in [6, 6.07) is 0. The van der Waals surface area contributed by atoms with Crippen molar-refractivity contribution in [2.45, 2.75) is 60.4 Å². The standard InChI is InChI=1S/C10F24O3Si/c11-1(12,3(15,16)5(19,20)21)2(13,14)4(17,18)7(25,26)35-38(36-9(29,30)31,37-10(32,33)34)8(27,28)6(22,23)24. The van der Waals surface area contributed by atoms with Gasteiger partial charge in [-0.3, -0.25) is 8.85 Å². The van der Waals surface area contributed by atoms with Crippen molar-refractivity contribution in [1.29, 1.82) is 0 Å². The molecule has 0 atom stereocenters. The Labute approximate surface area is 189 Å². The molecule has 0 amide bonds. The van der Waals surface area contributed by atoms with Gasteiger partial charge in [0, 0.05) is 0 Å². The molecular formula is C10F24O3Si. The van der Waals surface area contributed by atoms with Gasteiger partial charge in [-0.05, 0) is 0 Å². The van der Waals surface area contributed by atoms with Crippen LogP contribution in [-0.4, -0.2) is 69.2 Å². The molecule has 0 aliphatic heterocycles. The van der Waals surface area contributed by atoms with E-state index in [0.717, 1.165) is 0 Å². The topological polar surface area (TPSA) is 27.7 Å². The third kappa shape index (κ3) is 6.09. The average molecular weight is 652 g/mol. The van der Waals surface area contributed by atoms with Gasteiger partial charge in [0.25, 0.3) is 0 Å². The zero-order valence-corrected chi connectivity index (χ0v) is 16.8. The number of hydrogen-bond acceptors (Lipinski definition) is 3. The monoisotopic (exact) mass is 652 g/mol. The highest BCUT2D eigenvalue weighted by molar-refractivity contribution is 6.64. The van der Waals surface area contributed by atoms with Gasteiger partial charge in [0.05, 0.1) is 0 Å². The summed E-state index contributed by atoms with van der Waals surface area (Å²) >= 11 is 0. The molecule has 0 aliphatic carbocycles. The molecule has 0 saturated heterocycles. The van der Waals surface area contributed by atoms with E-state index in [1.54, 1.807) is 0 Å². The second-order valence-corrected chi connectivity index (χ2v) is 8.49. The van der Waals surface area contributed by atoms with Crippen molar-refractivity contribution in [1.82, 2.24) is 0 Å². The minimum absolute atomic E-state index is 1.28.